The number of hydrogen-bond donors (Lipinski definition) is 23. The maximum Gasteiger partial charge on any atom is 0.303 e. The summed E-state index contributed by atoms with van der Waals surface area (Å²) in [6, 6.07) is 4.12. The highest BCUT2D eigenvalue weighted by atomic mass is 16.4. The number of aromatic amines is 1. The van der Waals surface area contributed by atoms with Crippen molar-refractivity contribution in [3.05, 3.63) is 114 Å². The number of allylic oxidation sites excluding steroid dienone is 2. The minimum atomic E-state index is -2.09. The Morgan fingerprint density at radius 2 is 1.11 bits per heavy atom. The van der Waals surface area contributed by atoms with Gasteiger partial charge in [-0.05, 0) is 206 Å². The predicted molar refractivity (Wildman–Crippen MR) is 560 cm³/mol. The molecule has 0 saturated carbocycles. The van der Waals surface area contributed by atoms with E-state index in [1.807, 2.05) is 26.0 Å². The fourth-order valence-electron chi connectivity index (χ4n) is 16.5. The minimum Gasteiger partial charge on any atom is -0.508 e. The number of carbonyl (C=O) groups excluding carboxylic acids is 19. The van der Waals surface area contributed by atoms with E-state index in [9.17, 15) is 87.2 Å². The van der Waals surface area contributed by atoms with Crippen molar-refractivity contribution in [1.29, 1.82) is 0 Å². The molecule has 0 spiro atoms. The fourth-order valence-corrected chi connectivity index (χ4v) is 16.5. The number of H-pyrrole nitrogens is 1. The number of primary amides is 2. The molecule has 1 aliphatic heterocycles. The molecule has 0 saturated heterocycles. The molecule has 43 heteroatoms. The molecule has 25 N–H and O–H groups in total. The highest BCUT2D eigenvalue weighted by molar-refractivity contribution is 6.43. The number of carbonyl (C=O) groups is 20. The molecule has 0 fully saturated rings. The van der Waals surface area contributed by atoms with Gasteiger partial charge in [-0.1, -0.05) is 120 Å². The molecule has 5 rings (SSSR count). The lowest BCUT2D eigenvalue weighted by Gasteiger charge is -2.33. The Morgan fingerprint density at radius 3 is 1.73 bits per heavy atom. The van der Waals surface area contributed by atoms with Crippen LogP contribution in [0, 0.1) is 11.8 Å². The molecule has 0 radical (unpaired) electrons. The first-order valence-electron chi connectivity index (χ1n) is 51.5. The number of hydrogen-bond acceptors (Lipinski definition) is 34. The standard InChI is InChI=1S/C106H162N20O23/c1-61(2)49-81(118-70(12)128)101(147)121-94(69(11)127)97(143)95(141)80(51-71-31-25-24-26-32-71)125-126-106(16)46-30-23-21-19-17-18-20-22-29-45-105(15,91(137)59-113-64(6)85(131)44-47-109-63(5)84(130)43-48-110-66(8)89(135)57-117-104(13,14)90(136)58-112-67(9)88(134)56-111-68(10)99(108)145)122-103(149)82(50-62(3)4)120-100(146)78(39-41-92(107)138)116-60-115-65(7)86(132)54-87(133)79(53-73-55-114-76-34-28-27-33-75(73)76)123-124-83(52-72-35-37-74(129)38-36-72)102(148)119-77(40-42-93(139)140)96(142)98(106)144/h18,20,24-28,31-38,55,61-69,77-83,94,109-117,123-127,129H,17,19,21-23,29-30,39-54,56-60H2,1-16H3,(H2,107,138)(H2,108,145)(H,118,128)(H,119,148)(H,120,146)(H,121,147)(H,122,149)(H,139,140)/b20-18+/t63-,64-,65-,66-,67-,68+,69+,77-,78-,79-,80-,81-,82-,83-,94-,105-,106+/m0/s1. The van der Waals surface area contributed by atoms with Gasteiger partial charge in [0.2, 0.25) is 64.5 Å². The first-order valence-corrected chi connectivity index (χ1v) is 51.5. The summed E-state index contributed by atoms with van der Waals surface area (Å²) in [5, 5.41) is 69.5. The number of carboxylic acid groups (broad SMARTS) is 1. The number of aromatic nitrogens is 1. The first kappa shape index (κ1) is 127. The van der Waals surface area contributed by atoms with Crippen molar-refractivity contribution in [3.63, 3.8) is 0 Å². The molecule has 4 aromatic rings. The van der Waals surface area contributed by atoms with Gasteiger partial charge in [0.25, 0.3) is 0 Å². The molecule has 149 heavy (non-hydrogen) atoms. The fraction of sp³-hybridized carbons (Fsp3) is 0.604. The number of nitrogens with two attached hydrogens (primary N) is 2. The summed E-state index contributed by atoms with van der Waals surface area (Å²) >= 11 is 0. The zero-order valence-corrected chi connectivity index (χ0v) is 89.0. The number of Topliss-reactive ketones (excluding diaryl/α,β-unsaturated/α-hetero) is 12. The normalized spacial score (nSPS) is 21.6. The number of aliphatic carboxylic acids is 1. The number of aromatic hydroxyl groups is 1. The topological polar surface area (TPSA) is 674 Å². The first-order chi connectivity index (χ1) is 70.1. The van der Waals surface area contributed by atoms with Gasteiger partial charge >= 0.3 is 5.97 Å². The number of nitrogens with one attached hydrogen (secondary N) is 18. The summed E-state index contributed by atoms with van der Waals surface area (Å²) in [7, 11) is 0. The summed E-state index contributed by atoms with van der Waals surface area (Å²) < 4.78 is 0. The lowest BCUT2D eigenvalue weighted by atomic mass is 9.85. The van der Waals surface area contributed by atoms with Crippen LogP contribution >= 0.6 is 0 Å². The molecular weight excluding hydrogens is 1920 g/mol. The van der Waals surface area contributed by atoms with Crippen molar-refractivity contribution in [3.8, 4) is 5.75 Å². The molecule has 3 aromatic carbocycles. The van der Waals surface area contributed by atoms with Gasteiger partial charge in [-0.25, -0.2) is 21.7 Å². The molecule has 17 atom stereocenters. The van der Waals surface area contributed by atoms with Crippen LogP contribution in [-0.4, -0.2) is 290 Å². The number of aliphatic hydroxyl groups excluding tert-OH is 1. The van der Waals surface area contributed by atoms with Crippen LogP contribution in [-0.2, 0) is 115 Å². The third-order valence-electron chi connectivity index (χ3n) is 26.5. The van der Waals surface area contributed by atoms with Gasteiger partial charge in [0.05, 0.1) is 116 Å². The number of benzene rings is 3. The van der Waals surface area contributed by atoms with E-state index in [-0.39, 0.29) is 163 Å². The molecule has 2 heterocycles. The van der Waals surface area contributed by atoms with Gasteiger partial charge in [-0.2, -0.15) is 0 Å². The third kappa shape index (κ3) is 45.0. The Kier molecular flexibility index (Phi) is 54.7. The molecule has 0 unspecified atom stereocenters. The molecule has 1 aliphatic rings. The zero-order valence-electron chi connectivity index (χ0n) is 89.0. The number of phenols is 1. The van der Waals surface area contributed by atoms with E-state index >= 15 is 24.0 Å². The van der Waals surface area contributed by atoms with Crippen molar-refractivity contribution in [1.82, 2.24) is 95.8 Å². The summed E-state index contributed by atoms with van der Waals surface area (Å²) in [5.41, 5.74) is 19.8. The largest absolute Gasteiger partial charge is 0.508 e. The number of rotatable bonds is 53. The van der Waals surface area contributed by atoms with Crippen molar-refractivity contribution in [2.45, 2.75) is 353 Å². The van der Waals surface area contributed by atoms with Crippen molar-refractivity contribution >= 4 is 128 Å². The Hall–Kier alpha value is -12.0. The molecular formula is C106H162N20O23. The van der Waals surface area contributed by atoms with Crippen molar-refractivity contribution in [2.24, 2.45) is 23.3 Å². The monoisotopic (exact) mass is 2080 g/mol. The molecule has 0 aliphatic carbocycles. The van der Waals surface area contributed by atoms with Crippen LogP contribution in [0.4, 0.5) is 0 Å². The lowest BCUT2D eigenvalue weighted by Crippen LogP contribution is -2.65. The quantitative estimate of drug-likeness (QED) is 0.0127. The van der Waals surface area contributed by atoms with Crippen LogP contribution in [0.2, 0.25) is 0 Å². The van der Waals surface area contributed by atoms with Crippen LogP contribution in [0.1, 0.15) is 243 Å². The second kappa shape index (κ2) is 63.9. The second-order valence-corrected chi connectivity index (χ2v) is 40.8. The minimum absolute atomic E-state index is 0.00895. The molecule has 0 bridgehead atoms. The van der Waals surface area contributed by atoms with Crippen LogP contribution in [0.5, 0.6) is 5.75 Å². The van der Waals surface area contributed by atoms with Gasteiger partial charge in [0.15, 0.2) is 46.3 Å². The SMILES string of the molecule is CC(=O)N[C@@H](CC(C)C)C(=O)N[C@H](C(=O)C(=O)[C@H](Cc1ccccc1)NN[C@]1(C)CCCCCC/C=C/CCC[C@@](C)(C(=O)CN[C@@H](C)C(=O)CCN[C@@H](C)C(=O)CCN[C@@H](C)C(=O)CNC(C)(C)C(=O)CN[C@@H](C)C(=O)CN[C@H](C)C(N)=O)NC(=O)[C@H](CC(C)C)NC(=O)[C@H](CCC(N)=O)NCN[C@@H](C)C(=O)CC(=O)[C@H](Cc2c[nH]c3ccccc23)NN[C@@H](Cc2ccc(O)cc2)C(=O)N[C@@H](CCC(=O)O)C(=O)C1=O)[C@@H](C)O. The van der Waals surface area contributed by atoms with E-state index < -0.39 is 221 Å². The lowest BCUT2D eigenvalue weighted by molar-refractivity contribution is -0.144. The number of phenolic OH excluding ortho intramolecular Hbond substituents is 1. The van der Waals surface area contributed by atoms with E-state index in [1.54, 1.807) is 116 Å². The van der Waals surface area contributed by atoms with Crippen LogP contribution in [0.3, 0.4) is 0 Å². The van der Waals surface area contributed by atoms with E-state index in [0.29, 0.717) is 66.1 Å². The van der Waals surface area contributed by atoms with E-state index in [1.165, 1.54) is 65.8 Å². The third-order valence-corrected chi connectivity index (χ3v) is 26.5. The number of hydrazine groups is 2. The zero-order chi connectivity index (χ0) is 111. The van der Waals surface area contributed by atoms with Crippen molar-refractivity contribution < 1.29 is 111 Å². The molecule has 7 amide bonds. The number of amides is 7. The molecule has 1 aromatic heterocycles. The van der Waals surface area contributed by atoms with Gasteiger partial charge in [-0.15, -0.1) is 0 Å². The van der Waals surface area contributed by atoms with E-state index in [0.717, 1.165) is 0 Å². The Labute approximate surface area is 872 Å². The summed E-state index contributed by atoms with van der Waals surface area (Å²) in [5.74, 6) is -15.7. The summed E-state index contributed by atoms with van der Waals surface area (Å²) in [4.78, 5) is 282. The maximum atomic E-state index is 15.7. The number of ketones is 12. The average Bonchev–Trinajstić information content (AvgIpc) is 0.940. The Morgan fingerprint density at radius 1 is 0.544 bits per heavy atom. The summed E-state index contributed by atoms with van der Waals surface area (Å²) in [6.07, 6.45) is 3.08. The molecule has 824 valence electrons. The number of aliphatic hydroxyl groups is 1. The van der Waals surface area contributed by atoms with E-state index in [2.05, 4.69) is 95.8 Å². The number of carboxylic acids is 1. The van der Waals surface area contributed by atoms with Crippen LogP contribution < -0.4 is 102 Å². The highest BCUT2D eigenvalue weighted by Gasteiger charge is 2.45. The van der Waals surface area contributed by atoms with Crippen LogP contribution in [0.15, 0.2) is 97.2 Å². The predicted octanol–water partition coefficient (Wildman–Crippen LogP) is 1.11. The van der Waals surface area contributed by atoms with Gasteiger partial charge in [0, 0.05) is 69.5 Å². The summed E-state index contributed by atoms with van der Waals surface area (Å²) in [6.45, 7) is 23.9. The van der Waals surface area contributed by atoms with Gasteiger partial charge < -0.3 is 79.6 Å². The second-order valence-electron chi connectivity index (χ2n) is 40.8. The maximum absolute atomic E-state index is 15.7. The van der Waals surface area contributed by atoms with Gasteiger partial charge in [-0.3, -0.25) is 117 Å². The smallest absolute Gasteiger partial charge is 0.303 e. The number of para-hydroxylation sites is 1. The Bertz CT molecular complexity index is 5220. The molecule has 43 nitrogen and oxygen atoms in total. The Balaban J connectivity index is 1.47. The van der Waals surface area contributed by atoms with E-state index in [4.69, 9.17) is 11.5 Å². The average molecular weight is 2080 g/mol. The van der Waals surface area contributed by atoms with Crippen LogP contribution in [0.25, 0.3) is 10.9 Å². The highest BCUT2D eigenvalue weighted by Crippen LogP contribution is 2.26. The van der Waals surface area contributed by atoms with Crippen molar-refractivity contribution in [2.75, 3.05) is 45.9 Å². The van der Waals surface area contributed by atoms with Gasteiger partial charge in [0.1, 0.15) is 29.9 Å². The number of fused-ring (bicyclic) bond motifs is 1.